The van der Waals surface area contributed by atoms with Gasteiger partial charge in [0.25, 0.3) is 5.91 Å². The number of aryl methyl sites for hydroxylation is 1. The van der Waals surface area contributed by atoms with E-state index in [0.717, 1.165) is 11.8 Å². The van der Waals surface area contributed by atoms with Crippen LogP contribution in [0.1, 0.15) is 28.9 Å². The molecule has 0 aliphatic heterocycles. The Morgan fingerprint density at radius 2 is 2.24 bits per heavy atom. The lowest BCUT2D eigenvalue weighted by molar-refractivity contribution is -0.137. The lowest BCUT2D eigenvalue weighted by atomic mass is 10.2. The highest BCUT2D eigenvalue weighted by Gasteiger charge is 2.10. The summed E-state index contributed by atoms with van der Waals surface area (Å²) < 4.78 is 12.9. The first-order valence-electron chi connectivity index (χ1n) is 6.13. The molecule has 6 nitrogen and oxygen atoms in total. The number of aromatic nitrogens is 2. The lowest BCUT2D eigenvalue weighted by Gasteiger charge is -2.01. The zero-order chi connectivity index (χ0) is 15.2. The molecule has 2 heterocycles. The first-order valence-corrected chi connectivity index (χ1v) is 7.01. The van der Waals surface area contributed by atoms with Crippen molar-refractivity contribution in [3.63, 3.8) is 0 Å². The number of halogens is 1. The number of carboxylic acid groups (broad SMARTS) is 1. The third kappa shape index (κ3) is 4.60. The van der Waals surface area contributed by atoms with Crippen molar-refractivity contribution >= 4 is 28.3 Å². The molecule has 2 N–H and O–H groups in total. The molecule has 2 rings (SSSR count). The molecule has 0 aliphatic rings. The molecule has 21 heavy (non-hydrogen) atoms. The number of rotatable bonds is 6. The topological polar surface area (TPSA) is 92.2 Å². The van der Waals surface area contributed by atoms with Crippen LogP contribution in [-0.2, 0) is 11.2 Å². The van der Waals surface area contributed by atoms with Crippen molar-refractivity contribution in [1.29, 1.82) is 0 Å². The fourth-order valence-corrected chi connectivity index (χ4v) is 2.35. The van der Waals surface area contributed by atoms with E-state index in [4.69, 9.17) is 5.11 Å². The second-order valence-corrected chi connectivity index (χ2v) is 5.07. The van der Waals surface area contributed by atoms with E-state index < -0.39 is 17.8 Å². The predicted molar refractivity (Wildman–Crippen MR) is 74.8 cm³/mol. The zero-order valence-corrected chi connectivity index (χ0v) is 11.7. The molecule has 0 spiro atoms. The maximum atomic E-state index is 12.9. The van der Waals surface area contributed by atoms with Crippen molar-refractivity contribution in [3.8, 4) is 0 Å². The summed E-state index contributed by atoms with van der Waals surface area (Å²) in [7, 11) is 0. The minimum Gasteiger partial charge on any atom is -0.481 e. The van der Waals surface area contributed by atoms with E-state index in [1.807, 2.05) is 0 Å². The molecule has 0 aromatic carbocycles. The first kappa shape index (κ1) is 15.0. The summed E-state index contributed by atoms with van der Waals surface area (Å²) in [4.78, 5) is 29.8. The summed E-state index contributed by atoms with van der Waals surface area (Å²) in [5.41, 5.74) is 0.877. The van der Waals surface area contributed by atoms with Gasteiger partial charge in [-0.15, -0.1) is 11.3 Å². The van der Waals surface area contributed by atoms with Gasteiger partial charge >= 0.3 is 5.97 Å². The van der Waals surface area contributed by atoms with E-state index in [1.54, 1.807) is 5.38 Å². The molecule has 0 bridgehead atoms. The van der Waals surface area contributed by atoms with Crippen LogP contribution in [0.25, 0.3) is 0 Å². The molecular weight excluding hydrogens is 297 g/mol. The van der Waals surface area contributed by atoms with Crippen LogP contribution >= 0.6 is 11.3 Å². The number of pyridine rings is 1. The van der Waals surface area contributed by atoms with Gasteiger partial charge in [0.05, 0.1) is 5.69 Å². The number of amides is 1. The van der Waals surface area contributed by atoms with Crippen molar-refractivity contribution in [3.05, 3.63) is 40.9 Å². The number of thiazole rings is 1. The molecule has 0 radical (unpaired) electrons. The third-order valence-electron chi connectivity index (χ3n) is 2.58. The van der Waals surface area contributed by atoms with Crippen molar-refractivity contribution in [1.82, 2.24) is 9.97 Å². The Bertz CT molecular complexity index is 660. The van der Waals surface area contributed by atoms with Crippen molar-refractivity contribution in [2.75, 3.05) is 5.32 Å². The number of nitrogens with zero attached hydrogens (tertiary/aromatic N) is 2. The highest BCUT2D eigenvalue weighted by molar-refractivity contribution is 7.13. The average Bonchev–Trinajstić information content (AvgIpc) is 2.86. The lowest BCUT2D eigenvalue weighted by Crippen LogP contribution is -2.12. The summed E-state index contributed by atoms with van der Waals surface area (Å²) >= 11 is 1.24. The van der Waals surface area contributed by atoms with Gasteiger partial charge in [-0.25, -0.2) is 9.97 Å². The normalized spacial score (nSPS) is 10.3. The van der Waals surface area contributed by atoms with Crippen LogP contribution in [0.5, 0.6) is 0 Å². The molecule has 0 atom stereocenters. The van der Waals surface area contributed by atoms with Crippen LogP contribution in [0.4, 0.5) is 9.52 Å². The smallest absolute Gasteiger partial charge is 0.303 e. The number of hydrogen-bond donors (Lipinski definition) is 2. The molecule has 0 fully saturated rings. The van der Waals surface area contributed by atoms with Gasteiger partial charge in [0.2, 0.25) is 5.95 Å². The Kier molecular flexibility index (Phi) is 4.94. The second kappa shape index (κ2) is 6.89. The molecule has 0 saturated heterocycles. The van der Waals surface area contributed by atoms with Crippen LogP contribution in [-0.4, -0.2) is 27.0 Å². The van der Waals surface area contributed by atoms with Gasteiger partial charge < -0.3 is 5.11 Å². The van der Waals surface area contributed by atoms with Crippen LogP contribution < -0.4 is 5.32 Å². The highest BCUT2D eigenvalue weighted by atomic mass is 32.1. The number of anilines is 1. The summed E-state index contributed by atoms with van der Waals surface area (Å²) in [6, 6.07) is 2.44. The fourth-order valence-electron chi connectivity index (χ4n) is 1.61. The summed E-state index contributed by atoms with van der Waals surface area (Å²) in [6.45, 7) is 0. The number of carbonyl (C=O) groups excluding carboxylic acids is 1. The highest BCUT2D eigenvalue weighted by Crippen LogP contribution is 2.18. The van der Waals surface area contributed by atoms with Gasteiger partial charge in [0, 0.05) is 29.6 Å². The molecule has 0 unspecified atom stereocenters. The minimum atomic E-state index is -0.849. The minimum absolute atomic E-state index is 0.0789. The number of carbonyl (C=O) groups is 2. The second-order valence-electron chi connectivity index (χ2n) is 4.21. The standard InChI is InChI=1S/C13H12FN3O3S/c14-10-6-8(4-5-15-10)12(20)17-13-16-9(7-21-13)2-1-3-11(18)19/h4-7H,1-3H2,(H,18,19)(H,16,17,20). The van der Waals surface area contributed by atoms with E-state index in [1.165, 1.54) is 23.6 Å². The van der Waals surface area contributed by atoms with E-state index in [9.17, 15) is 14.0 Å². The summed E-state index contributed by atoms with van der Waals surface area (Å²) in [5.74, 6) is -2.04. The van der Waals surface area contributed by atoms with E-state index in [2.05, 4.69) is 15.3 Å². The Morgan fingerprint density at radius 3 is 2.95 bits per heavy atom. The predicted octanol–water partition coefficient (Wildman–Crippen LogP) is 2.34. The first-order chi connectivity index (χ1) is 10.0. The van der Waals surface area contributed by atoms with Crippen LogP contribution in [0.3, 0.4) is 0 Å². The van der Waals surface area contributed by atoms with Gasteiger partial charge in [0.15, 0.2) is 5.13 Å². The van der Waals surface area contributed by atoms with Crippen LogP contribution in [0.2, 0.25) is 0 Å². The number of nitrogens with one attached hydrogen (secondary N) is 1. The fraction of sp³-hybridized carbons (Fsp3) is 0.231. The van der Waals surface area contributed by atoms with Gasteiger partial charge in [-0.05, 0) is 18.9 Å². The number of carboxylic acids is 1. The molecular formula is C13H12FN3O3S. The molecule has 0 saturated carbocycles. The van der Waals surface area contributed by atoms with Crippen molar-refractivity contribution in [2.24, 2.45) is 0 Å². The Morgan fingerprint density at radius 1 is 1.43 bits per heavy atom. The quantitative estimate of drug-likeness (QED) is 0.799. The SMILES string of the molecule is O=C(O)CCCc1csc(NC(=O)c2ccnc(F)c2)n1. The Labute approximate surface area is 123 Å². The molecule has 1 amide bonds. The monoisotopic (exact) mass is 309 g/mol. The summed E-state index contributed by atoms with van der Waals surface area (Å²) in [6.07, 6.45) is 2.31. The van der Waals surface area contributed by atoms with E-state index >= 15 is 0 Å². The Hall–Kier alpha value is -2.35. The van der Waals surface area contributed by atoms with Crippen molar-refractivity contribution < 1.29 is 19.1 Å². The molecule has 2 aromatic heterocycles. The largest absolute Gasteiger partial charge is 0.481 e. The van der Waals surface area contributed by atoms with Crippen molar-refractivity contribution in [2.45, 2.75) is 19.3 Å². The number of hydrogen-bond acceptors (Lipinski definition) is 5. The van der Waals surface area contributed by atoms with E-state index in [-0.39, 0.29) is 12.0 Å². The number of aliphatic carboxylic acids is 1. The third-order valence-corrected chi connectivity index (χ3v) is 3.39. The average molecular weight is 309 g/mol. The van der Waals surface area contributed by atoms with Gasteiger partial charge in [0.1, 0.15) is 0 Å². The van der Waals surface area contributed by atoms with Gasteiger partial charge in [-0.3, -0.25) is 14.9 Å². The maximum absolute atomic E-state index is 12.9. The zero-order valence-electron chi connectivity index (χ0n) is 10.9. The molecule has 2 aromatic rings. The molecule has 0 aliphatic carbocycles. The van der Waals surface area contributed by atoms with Crippen LogP contribution in [0, 0.1) is 5.95 Å². The van der Waals surface area contributed by atoms with Gasteiger partial charge in [-0.1, -0.05) is 0 Å². The Balaban J connectivity index is 1.93. The molecule has 110 valence electrons. The molecule has 8 heteroatoms. The van der Waals surface area contributed by atoms with E-state index in [0.29, 0.717) is 18.0 Å². The van der Waals surface area contributed by atoms with Crippen LogP contribution in [0.15, 0.2) is 23.7 Å². The summed E-state index contributed by atoms with van der Waals surface area (Å²) in [5, 5.41) is 13.3. The maximum Gasteiger partial charge on any atom is 0.303 e. The van der Waals surface area contributed by atoms with Gasteiger partial charge in [-0.2, -0.15) is 4.39 Å².